The fourth-order valence-corrected chi connectivity index (χ4v) is 6.49. The van der Waals surface area contributed by atoms with Crippen molar-refractivity contribution in [2.75, 3.05) is 32.7 Å². The predicted octanol–water partition coefficient (Wildman–Crippen LogP) is 2.28. The quantitative estimate of drug-likeness (QED) is 0.652. The number of carbonyl (C=O) groups excluding carboxylic acids is 1. The van der Waals surface area contributed by atoms with Crippen molar-refractivity contribution in [3.05, 3.63) is 24.0 Å². The summed E-state index contributed by atoms with van der Waals surface area (Å²) in [6.45, 7) is 6.17. The maximum absolute atomic E-state index is 13.0. The second-order valence-electron chi connectivity index (χ2n) is 8.93. The molecule has 32 heavy (non-hydrogen) atoms. The molecule has 8 nitrogen and oxygen atoms in total. The van der Waals surface area contributed by atoms with Crippen LogP contribution in [-0.2, 0) is 28.3 Å². The molecular formula is C23H35N5O3S. The largest absolute Gasteiger partial charge is 0.355 e. The molecule has 0 aliphatic carbocycles. The fourth-order valence-electron chi connectivity index (χ4n) is 4.96. The number of aromatic nitrogens is 2. The summed E-state index contributed by atoms with van der Waals surface area (Å²) < 4.78 is 29.5. The zero-order valence-electron chi connectivity index (χ0n) is 19.2. The summed E-state index contributed by atoms with van der Waals surface area (Å²) in [5, 5.41) is 3.08. The van der Waals surface area contributed by atoms with E-state index in [1.807, 2.05) is 17.7 Å². The van der Waals surface area contributed by atoms with Gasteiger partial charge in [-0.3, -0.25) is 9.69 Å². The van der Waals surface area contributed by atoms with E-state index >= 15 is 0 Å². The number of fused-ring (bicyclic) bond motifs is 1. The maximum Gasteiger partial charge on any atom is 0.243 e. The molecule has 2 fully saturated rings. The summed E-state index contributed by atoms with van der Waals surface area (Å²) in [6.07, 6.45) is 6.14. The van der Waals surface area contributed by atoms with Crippen LogP contribution >= 0.6 is 0 Å². The number of likely N-dealkylation sites (tertiary alicyclic amines) is 1. The van der Waals surface area contributed by atoms with Gasteiger partial charge in [-0.25, -0.2) is 13.4 Å². The van der Waals surface area contributed by atoms with Crippen molar-refractivity contribution in [1.82, 2.24) is 24.1 Å². The summed E-state index contributed by atoms with van der Waals surface area (Å²) in [7, 11) is -1.57. The Labute approximate surface area is 191 Å². The highest BCUT2D eigenvalue weighted by molar-refractivity contribution is 7.89. The van der Waals surface area contributed by atoms with Gasteiger partial charge in [0, 0.05) is 45.6 Å². The Bertz CT molecular complexity index is 1060. The molecule has 1 N–H and O–H groups in total. The second-order valence-corrected chi connectivity index (χ2v) is 10.9. The molecule has 1 aromatic heterocycles. The first kappa shape index (κ1) is 23.2. The smallest absolute Gasteiger partial charge is 0.243 e. The number of hydrogen-bond donors (Lipinski definition) is 1. The van der Waals surface area contributed by atoms with E-state index in [1.54, 1.807) is 16.4 Å². The number of piperidine rings is 1. The van der Waals surface area contributed by atoms with Gasteiger partial charge in [-0.15, -0.1) is 0 Å². The van der Waals surface area contributed by atoms with E-state index in [-0.39, 0.29) is 5.91 Å². The number of likely N-dealkylation sites (N-methyl/N-ethyl adjacent to an activating group) is 1. The molecule has 176 valence electrons. The highest BCUT2D eigenvalue weighted by Crippen LogP contribution is 2.25. The number of benzene rings is 1. The third-order valence-corrected chi connectivity index (χ3v) is 8.81. The van der Waals surface area contributed by atoms with Crippen LogP contribution in [0, 0.1) is 0 Å². The Morgan fingerprint density at radius 3 is 2.69 bits per heavy atom. The molecule has 0 bridgehead atoms. The number of nitrogens with zero attached hydrogens (tertiary/aromatic N) is 4. The normalized spacial score (nSPS) is 20.8. The van der Waals surface area contributed by atoms with Gasteiger partial charge in [0.15, 0.2) is 0 Å². The zero-order chi connectivity index (χ0) is 22.7. The molecule has 1 unspecified atom stereocenters. The summed E-state index contributed by atoms with van der Waals surface area (Å²) in [5.41, 5.74) is 1.54. The number of hydrogen-bond acceptors (Lipinski definition) is 5. The lowest BCUT2D eigenvalue weighted by molar-refractivity contribution is -0.121. The molecule has 0 saturated carbocycles. The minimum atomic E-state index is -3.49. The van der Waals surface area contributed by atoms with Crippen molar-refractivity contribution in [3.63, 3.8) is 0 Å². The Morgan fingerprint density at radius 2 is 1.94 bits per heavy atom. The molecule has 1 aromatic carbocycles. The molecular weight excluding hydrogens is 426 g/mol. The number of amides is 1. The lowest BCUT2D eigenvalue weighted by atomic mass is 10.2. The molecule has 3 heterocycles. The van der Waals surface area contributed by atoms with Crippen molar-refractivity contribution in [1.29, 1.82) is 0 Å². The first-order valence-electron chi connectivity index (χ1n) is 11.9. The molecule has 4 rings (SSSR count). The van der Waals surface area contributed by atoms with Crippen LogP contribution in [0.2, 0.25) is 0 Å². The van der Waals surface area contributed by atoms with Crippen LogP contribution < -0.4 is 5.32 Å². The number of imidazole rings is 1. The maximum atomic E-state index is 13.0. The highest BCUT2D eigenvalue weighted by atomic mass is 32.2. The van der Waals surface area contributed by atoms with Gasteiger partial charge in [0.25, 0.3) is 0 Å². The van der Waals surface area contributed by atoms with E-state index in [0.717, 1.165) is 50.1 Å². The van der Waals surface area contributed by atoms with Gasteiger partial charge in [0.05, 0.1) is 15.9 Å². The summed E-state index contributed by atoms with van der Waals surface area (Å²) in [5.74, 6) is 0.826. The number of rotatable bonds is 8. The van der Waals surface area contributed by atoms with E-state index in [0.29, 0.717) is 48.9 Å². The van der Waals surface area contributed by atoms with Crippen LogP contribution in [0.5, 0.6) is 0 Å². The molecule has 2 aromatic rings. The average Bonchev–Trinajstić information content (AvgIpc) is 3.40. The van der Waals surface area contributed by atoms with Crippen molar-refractivity contribution >= 4 is 27.0 Å². The van der Waals surface area contributed by atoms with Crippen LogP contribution in [0.1, 0.15) is 51.3 Å². The van der Waals surface area contributed by atoms with Crippen molar-refractivity contribution in [2.45, 2.75) is 62.8 Å². The Hall–Kier alpha value is -1.97. The van der Waals surface area contributed by atoms with E-state index in [9.17, 15) is 13.2 Å². The minimum absolute atomic E-state index is 0.0355. The lowest BCUT2D eigenvalue weighted by Gasteiger charge is -2.25. The monoisotopic (exact) mass is 461 g/mol. The zero-order valence-corrected chi connectivity index (χ0v) is 20.0. The van der Waals surface area contributed by atoms with Gasteiger partial charge in [-0.2, -0.15) is 4.31 Å². The van der Waals surface area contributed by atoms with Gasteiger partial charge in [0.2, 0.25) is 15.9 Å². The topological polar surface area (TPSA) is 87.5 Å². The van der Waals surface area contributed by atoms with Gasteiger partial charge < -0.3 is 9.88 Å². The molecule has 1 atom stereocenters. The van der Waals surface area contributed by atoms with Crippen LogP contribution in [0.25, 0.3) is 11.0 Å². The van der Waals surface area contributed by atoms with E-state index in [2.05, 4.69) is 22.1 Å². The fraction of sp³-hybridized carbons (Fsp3) is 0.652. The van der Waals surface area contributed by atoms with Crippen molar-refractivity contribution in [2.24, 2.45) is 7.05 Å². The average molecular weight is 462 g/mol. The molecule has 9 heteroatoms. The molecule has 2 aliphatic heterocycles. The molecule has 2 aliphatic rings. The second kappa shape index (κ2) is 9.89. The van der Waals surface area contributed by atoms with Crippen molar-refractivity contribution in [3.8, 4) is 0 Å². The van der Waals surface area contributed by atoms with Gasteiger partial charge >= 0.3 is 0 Å². The number of aryl methyl sites for hydroxylation is 2. The van der Waals surface area contributed by atoms with Crippen LogP contribution in [0.15, 0.2) is 23.1 Å². The Morgan fingerprint density at radius 1 is 1.16 bits per heavy atom. The Balaban J connectivity index is 1.40. The standard InChI is InChI=1S/C23H35N5O3S/c1-3-27-13-7-8-18(27)17-24-23(29)12-11-22-25-20-16-19(9-10-21(20)26(22)2)32(30,31)28-14-5-4-6-15-28/h9-10,16,18H,3-8,11-15,17H2,1-2H3,(H,24,29). The van der Waals surface area contributed by atoms with Gasteiger partial charge in [-0.05, 0) is 57.0 Å². The first-order chi connectivity index (χ1) is 15.4. The van der Waals surface area contributed by atoms with E-state index in [4.69, 9.17) is 0 Å². The SMILES string of the molecule is CCN1CCCC1CNC(=O)CCc1nc2cc(S(=O)(=O)N3CCCCC3)ccc2n1C. The minimum Gasteiger partial charge on any atom is -0.355 e. The van der Waals surface area contributed by atoms with E-state index < -0.39 is 10.0 Å². The third-order valence-electron chi connectivity index (χ3n) is 6.91. The number of carbonyl (C=O) groups is 1. The molecule has 0 spiro atoms. The first-order valence-corrected chi connectivity index (χ1v) is 13.3. The van der Waals surface area contributed by atoms with Gasteiger partial charge in [-0.1, -0.05) is 13.3 Å². The van der Waals surface area contributed by atoms with Gasteiger partial charge in [0.1, 0.15) is 5.82 Å². The molecule has 0 radical (unpaired) electrons. The summed E-state index contributed by atoms with van der Waals surface area (Å²) in [4.78, 5) is 19.8. The number of nitrogens with one attached hydrogen (secondary N) is 1. The predicted molar refractivity (Wildman–Crippen MR) is 125 cm³/mol. The molecule has 1 amide bonds. The molecule has 2 saturated heterocycles. The Kier molecular flexibility index (Phi) is 7.17. The van der Waals surface area contributed by atoms with Crippen molar-refractivity contribution < 1.29 is 13.2 Å². The van der Waals surface area contributed by atoms with Crippen LogP contribution in [0.3, 0.4) is 0 Å². The number of sulfonamides is 1. The highest BCUT2D eigenvalue weighted by Gasteiger charge is 2.27. The van der Waals surface area contributed by atoms with Crippen LogP contribution in [0.4, 0.5) is 0 Å². The summed E-state index contributed by atoms with van der Waals surface area (Å²) in [6, 6.07) is 5.61. The summed E-state index contributed by atoms with van der Waals surface area (Å²) >= 11 is 0. The lowest BCUT2D eigenvalue weighted by Crippen LogP contribution is -2.40. The van der Waals surface area contributed by atoms with E-state index in [1.165, 1.54) is 6.42 Å². The third kappa shape index (κ3) is 4.84. The van der Waals surface area contributed by atoms with Crippen LogP contribution in [-0.4, -0.2) is 71.8 Å².